The van der Waals surface area contributed by atoms with Gasteiger partial charge < -0.3 is 54.4 Å². The summed E-state index contributed by atoms with van der Waals surface area (Å²) in [5, 5.41) is 17.1. The van der Waals surface area contributed by atoms with E-state index in [1.54, 1.807) is 65.8 Å². The first-order valence-corrected chi connectivity index (χ1v) is 28.4. The summed E-state index contributed by atoms with van der Waals surface area (Å²) in [5.41, 5.74) is -1.42. The maximum absolute atomic E-state index is 13.8. The van der Waals surface area contributed by atoms with Crippen LogP contribution in [0.3, 0.4) is 0 Å². The van der Waals surface area contributed by atoms with Crippen LogP contribution >= 0.6 is 44.3 Å². The molecule has 23 nitrogen and oxygen atoms in total. The predicted molar refractivity (Wildman–Crippen MR) is 281 cm³/mol. The van der Waals surface area contributed by atoms with Crippen molar-refractivity contribution in [2.45, 2.75) is 137 Å². The highest BCUT2D eigenvalue weighted by atomic mass is 79.9. The van der Waals surface area contributed by atoms with Crippen LogP contribution in [-0.4, -0.2) is 164 Å². The van der Waals surface area contributed by atoms with E-state index in [2.05, 4.69) is 52.5 Å². The van der Waals surface area contributed by atoms with Crippen LogP contribution in [0.25, 0.3) is 0 Å². The zero-order valence-corrected chi connectivity index (χ0v) is 49.1. The normalized spacial score (nSPS) is 21.1. The first-order chi connectivity index (χ1) is 35.0. The molecule has 0 unspecified atom stereocenters. The molecule has 0 saturated carbocycles. The Morgan fingerprint density at radius 2 is 1.07 bits per heavy atom. The van der Waals surface area contributed by atoms with Crippen LogP contribution < -0.4 is 16.0 Å². The van der Waals surface area contributed by atoms with Crippen molar-refractivity contribution in [2.75, 3.05) is 53.7 Å². The molecule has 0 radical (unpaired) electrons. The van der Waals surface area contributed by atoms with E-state index in [0.29, 0.717) is 56.6 Å². The van der Waals surface area contributed by atoms with E-state index in [0.717, 1.165) is 4.47 Å². The second-order valence-corrected chi connectivity index (χ2v) is 24.7. The summed E-state index contributed by atoms with van der Waals surface area (Å²) in [6.45, 7) is 12.3. The number of carboxylic acid groups (broad SMARTS) is 1. The summed E-state index contributed by atoms with van der Waals surface area (Å²) in [4.78, 5) is 74.4. The maximum atomic E-state index is 13.8. The molecule has 4 N–H and O–H groups in total. The number of alkyl carbamates (subject to hydrolysis) is 2. The van der Waals surface area contributed by atoms with Gasteiger partial charge in [0.05, 0.1) is 36.2 Å². The number of carbonyl (C=O) groups excluding carboxylic acids is 5. The van der Waals surface area contributed by atoms with Crippen LogP contribution in [0.2, 0.25) is 0 Å². The molecule has 0 aliphatic carbocycles. The van der Waals surface area contributed by atoms with Gasteiger partial charge >= 0.3 is 30.1 Å². The van der Waals surface area contributed by atoms with Gasteiger partial charge in [0.25, 0.3) is 20.2 Å². The number of hydrogen-bond acceptors (Lipinski definition) is 19. The highest BCUT2D eigenvalue weighted by molar-refractivity contribution is 9.10. The molecular formula is C48H69Br2ClN4O19S2. The molecule has 4 fully saturated rings. The number of likely N-dealkylation sites (tertiary alicyclic amines) is 1. The number of carbonyl (C=O) groups is 6. The third-order valence-corrected chi connectivity index (χ3v) is 15.5. The Kier molecular flexibility index (Phi) is 25.8. The molecule has 4 heterocycles. The number of carboxylic acids is 1. The second kappa shape index (κ2) is 29.7. The fourth-order valence-corrected chi connectivity index (χ4v) is 10.8. The Bertz CT molecular complexity index is 2490. The molecular weight excluding hydrogens is 1200 g/mol. The number of ether oxygens (including phenoxy) is 6. The summed E-state index contributed by atoms with van der Waals surface area (Å²) in [5.74, 6) is -3.07. The fourth-order valence-electron chi connectivity index (χ4n) is 8.15. The molecule has 0 aromatic heterocycles. The number of benzene rings is 2. The van der Waals surface area contributed by atoms with Gasteiger partial charge in [0, 0.05) is 61.3 Å². The minimum absolute atomic E-state index is 0. The molecule has 28 heteroatoms. The van der Waals surface area contributed by atoms with Gasteiger partial charge in [0.2, 0.25) is 5.91 Å². The average Bonchev–Trinajstić information content (AvgIpc) is 3.98. The average molecular weight is 1270 g/mol. The lowest BCUT2D eigenvalue weighted by Crippen LogP contribution is -2.56. The summed E-state index contributed by atoms with van der Waals surface area (Å²) in [6, 6.07) is 8.56. The number of amides is 3. The van der Waals surface area contributed by atoms with Crippen molar-refractivity contribution in [3.05, 3.63) is 57.5 Å². The van der Waals surface area contributed by atoms with Crippen molar-refractivity contribution >= 4 is 101 Å². The molecule has 2 aromatic rings. The maximum Gasteiger partial charge on any atom is 0.408 e. The van der Waals surface area contributed by atoms with E-state index in [-0.39, 0.29) is 60.0 Å². The summed E-state index contributed by atoms with van der Waals surface area (Å²) >= 11 is 6.49. The molecule has 4 saturated heterocycles. The first-order valence-electron chi connectivity index (χ1n) is 24.0. The van der Waals surface area contributed by atoms with Crippen molar-refractivity contribution in [1.82, 2.24) is 20.9 Å². The Hall–Kier alpha value is -4.19. The molecule has 3 amide bonds. The Labute approximate surface area is 466 Å². The number of aliphatic carboxylic acids is 1. The second-order valence-electron chi connectivity index (χ2n) is 19.7. The Balaban J connectivity index is 0.000000329. The summed E-state index contributed by atoms with van der Waals surface area (Å²) in [7, 11) is -5.52. The molecule has 76 heavy (non-hydrogen) atoms. The van der Waals surface area contributed by atoms with Crippen molar-refractivity contribution in [2.24, 2.45) is 11.8 Å². The lowest BCUT2D eigenvalue weighted by atomic mass is 9.90. The Morgan fingerprint density at radius 1 is 0.658 bits per heavy atom. The van der Waals surface area contributed by atoms with Gasteiger partial charge in [0.1, 0.15) is 35.4 Å². The quantitative estimate of drug-likeness (QED) is 0.103. The molecule has 0 bridgehead atoms. The van der Waals surface area contributed by atoms with Crippen LogP contribution in [0, 0.1) is 11.8 Å². The number of hydrogen-bond donors (Lipinski definition) is 4. The number of methoxy groups -OCH3 is 2. The SMILES string of the molecule is CC(C)(C)OC(=O)N[C@H](C(=O)O)C1CCOCC1.COC(=O)[C@@H]1C[C@H](OS(=O)(=O)c2ccc(Br)cc2)CN1.COC(=O)[C@@H]1C[C@H](OS(=O)(=O)c2ccc(Br)cc2)CN1C(=O)[C@@H](NC(=O)OC(C)(C)C)C1CCOCC1.Cl. The molecule has 2 aromatic carbocycles. The van der Waals surface area contributed by atoms with E-state index in [1.807, 2.05) is 0 Å². The predicted octanol–water partition coefficient (Wildman–Crippen LogP) is 5.49. The van der Waals surface area contributed by atoms with Gasteiger partial charge in [-0.2, -0.15) is 16.8 Å². The van der Waals surface area contributed by atoms with E-state index in [1.165, 1.54) is 43.4 Å². The third kappa shape index (κ3) is 21.2. The molecule has 6 atom stereocenters. The lowest BCUT2D eigenvalue weighted by molar-refractivity contribution is -0.152. The van der Waals surface area contributed by atoms with Gasteiger partial charge in [-0.05, 0) is 128 Å². The van der Waals surface area contributed by atoms with Crippen LogP contribution in [0.1, 0.15) is 80.1 Å². The zero-order valence-electron chi connectivity index (χ0n) is 43.4. The van der Waals surface area contributed by atoms with Gasteiger partial charge in [0.15, 0.2) is 0 Å². The van der Waals surface area contributed by atoms with Gasteiger partial charge in [-0.15, -0.1) is 12.4 Å². The topological polar surface area (TPSA) is 304 Å². The van der Waals surface area contributed by atoms with E-state index in [4.69, 9.17) is 37.2 Å². The monoisotopic (exact) mass is 1260 g/mol. The number of rotatable bonds is 14. The molecule has 6 rings (SSSR count). The van der Waals surface area contributed by atoms with Crippen LogP contribution in [0.4, 0.5) is 9.59 Å². The van der Waals surface area contributed by atoms with Crippen molar-refractivity contribution in [3.63, 3.8) is 0 Å². The highest BCUT2D eigenvalue weighted by Gasteiger charge is 2.47. The summed E-state index contributed by atoms with van der Waals surface area (Å²) in [6.07, 6.45) is -0.547. The standard InChI is InChI=1S/C24H33BrN2O9S.C12H14BrNO5S.C12H21NO5.ClH/c1-24(2,3)35-23(30)26-20(15-9-11-34-12-10-15)21(28)27-14-17(13-19(27)22(29)33-4)36-37(31,32)18-7-5-16(25)6-8-18;1-18-12(15)11-6-9(7-14-11)19-20(16,17)10-4-2-8(13)3-5-10;1-12(2,3)18-11(16)13-9(10(14)15)8-4-6-17-7-5-8;/h5-8,15,17,19-20H,9-14H2,1-4H3,(H,26,30);2-5,9,11,14H,6-7H2,1H3;8-9H,4-7H2,1-3H3,(H,13,16)(H,14,15);1H/t17-,19-,20-;9-,11-;9-;/m000./s1. The van der Waals surface area contributed by atoms with Gasteiger partial charge in [-0.3, -0.25) is 18.0 Å². The number of nitrogens with zero attached hydrogens (tertiary/aromatic N) is 1. The fraction of sp³-hybridized carbons (Fsp3) is 0.625. The van der Waals surface area contributed by atoms with Crippen LogP contribution in [0.15, 0.2) is 67.3 Å². The minimum Gasteiger partial charge on any atom is -0.480 e. The molecule has 428 valence electrons. The van der Waals surface area contributed by atoms with Crippen molar-refractivity contribution in [3.8, 4) is 0 Å². The minimum atomic E-state index is -4.16. The molecule has 4 aliphatic rings. The van der Waals surface area contributed by atoms with Gasteiger partial charge in [-0.25, -0.2) is 19.2 Å². The third-order valence-electron chi connectivity index (χ3n) is 11.7. The largest absolute Gasteiger partial charge is 0.480 e. The van der Waals surface area contributed by atoms with Crippen molar-refractivity contribution in [1.29, 1.82) is 0 Å². The van der Waals surface area contributed by atoms with Crippen LogP contribution in [0.5, 0.6) is 0 Å². The number of halogens is 3. The Morgan fingerprint density at radius 3 is 1.47 bits per heavy atom. The molecule has 0 spiro atoms. The van der Waals surface area contributed by atoms with Crippen LogP contribution in [-0.2, 0) is 76.2 Å². The smallest absolute Gasteiger partial charge is 0.408 e. The van der Waals surface area contributed by atoms with E-state index in [9.17, 15) is 45.6 Å². The van der Waals surface area contributed by atoms with Crippen molar-refractivity contribution < 1.29 is 87.5 Å². The molecule has 4 aliphatic heterocycles. The number of nitrogens with one attached hydrogen (secondary N) is 3. The first kappa shape index (κ1) is 66.1. The highest BCUT2D eigenvalue weighted by Crippen LogP contribution is 2.30. The summed E-state index contributed by atoms with van der Waals surface area (Å²) < 4.78 is 92.3. The number of esters is 2. The van der Waals surface area contributed by atoms with Gasteiger partial charge in [-0.1, -0.05) is 31.9 Å². The zero-order chi connectivity index (χ0) is 55.9. The van der Waals surface area contributed by atoms with E-state index < -0.39 is 104 Å². The lowest BCUT2D eigenvalue weighted by Gasteiger charge is -2.34. The van der Waals surface area contributed by atoms with E-state index >= 15 is 0 Å².